The minimum Gasteiger partial charge on any atom is -0.481 e. The molecule has 1 unspecified atom stereocenters. The van der Waals surface area contributed by atoms with Crippen LogP contribution in [-0.4, -0.2) is 138 Å². The van der Waals surface area contributed by atoms with E-state index in [0.29, 0.717) is 25.2 Å². The molecule has 14 heteroatoms. The van der Waals surface area contributed by atoms with Gasteiger partial charge >= 0.3 is 5.97 Å². The quantitative estimate of drug-likeness (QED) is 0.0899. The van der Waals surface area contributed by atoms with Crippen LogP contribution in [-0.2, 0) is 32.0 Å². The van der Waals surface area contributed by atoms with Crippen molar-refractivity contribution in [2.24, 2.45) is 5.92 Å². The third-order valence-corrected chi connectivity index (χ3v) is 12.6. The van der Waals surface area contributed by atoms with Crippen molar-refractivity contribution in [2.45, 2.75) is 117 Å². The van der Waals surface area contributed by atoms with Crippen LogP contribution in [0.25, 0.3) is 5.69 Å². The highest BCUT2D eigenvalue weighted by Gasteiger charge is 2.23. The largest absolute Gasteiger partial charge is 0.481 e. The molecule has 0 radical (unpaired) electrons. The van der Waals surface area contributed by atoms with Gasteiger partial charge in [-0.05, 0) is 153 Å². The summed E-state index contributed by atoms with van der Waals surface area (Å²) < 4.78 is 1.96. The number of aryl methyl sites for hydroxylation is 4. The molecule has 1 atom stereocenters. The Morgan fingerprint density at radius 3 is 2.30 bits per heavy atom. The van der Waals surface area contributed by atoms with Crippen LogP contribution < -0.4 is 15.5 Å². The third kappa shape index (κ3) is 16.7. The zero-order chi connectivity index (χ0) is 44.8. The van der Waals surface area contributed by atoms with Crippen LogP contribution in [0.2, 0.25) is 0 Å². The lowest BCUT2D eigenvalue weighted by Gasteiger charge is -2.36. The van der Waals surface area contributed by atoms with Crippen LogP contribution in [0.15, 0.2) is 42.5 Å². The predicted octanol–water partition coefficient (Wildman–Crippen LogP) is 6.45. The molecule has 3 aromatic rings. The Morgan fingerprint density at radius 2 is 1.59 bits per heavy atom. The van der Waals surface area contributed by atoms with Crippen LogP contribution in [0.5, 0.6) is 0 Å². The second kappa shape index (κ2) is 26.7. The minimum atomic E-state index is -0.687. The van der Waals surface area contributed by atoms with Gasteiger partial charge in [0.15, 0.2) is 0 Å². The van der Waals surface area contributed by atoms with E-state index < -0.39 is 5.97 Å². The SMILES string of the molecule is CNCCCCCC(=O)N1CCCC1.Cc1cc(C)n(-c2cccc(N3CCN(C(=O)CCCC=O)CC3)c2)n1.O=C(O)CCCN1CCC(CCc2ccc3c(n2)NCCC3)C1. The molecule has 2 amide bonds. The minimum absolute atomic E-state index is 0.155. The molecule has 6 heterocycles. The zero-order valence-electron chi connectivity index (χ0n) is 38.5. The molecular formula is C49H75N9O5. The number of carbonyl (C=O) groups excluding carboxylic acids is 3. The number of hydrogen-bond acceptors (Lipinski definition) is 10. The normalized spacial score (nSPS) is 17.3. The first-order valence-corrected chi connectivity index (χ1v) is 23.8. The van der Waals surface area contributed by atoms with Crippen molar-refractivity contribution in [3.63, 3.8) is 0 Å². The van der Waals surface area contributed by atoms with E-state index in [4.69, 9.17) is 10.1 Å². The van der Waals surface area contributed by atoms with Gasteiger partial charge in [-0.15, -0.1) is 0 Å². The number of benzene rings is 1. The zero-order valence-corrected chi connectivity index (χ0v) is 38.5. The van der Waals surface area contributed by atoms with Crippen molar-refractivity contribution in [1.82, 2.24) is 34.8 Å². The van der Waals surface area contributed by atoms with Gasteiger partial charge in [-0.1, -0.05) is 18.6 Å². The van der Waals surface area contributed by atoms with E-state index in [0.717, 1.165) is 145 Å². The first-order chi connectivity index (χ1) is 30.6. The Balaban J connectivity index is 0.000000186. The fourth-order valence-electron chi connectivity index (χ4n) is 8.97. The van der Waals surface area contributed by atoms with Crippen molar-refractivity contribution in [2.75, 3.05) is 89.3 Å². The number of fused-ring (bicyclic) bond motifs is 1. The van der Waals surface area contributed by atoms with Gasteiger partial charge in [-0.2, -0.15) is 5.10 Å². The Labute approximate surface area is 376 Å². The number of nitrogens with one attached hydrogen (secondary N) is 2. The number of anilines is 2. The number of likely N-dealkylation sites (tertiary alicyclic amines) is 2. The Bertz CT molecular complexity index is 1870. The van der Waals surface area contributed by atoms with E-state index in [1.54, 1.807) is 0 Å². The summed E-state index contributed by atoms with van der Waals surface area (Å²) in [5.41, 5.74) is 6.89. The summed E-state index contributed by atoms with van der Waals surface area (Å²) in [6.07, 6.45) is 15.9. The van der Waals surface area contributed by atoms with Crippen molar-refractivity contribution < 1.29 is 24.3 Å². The monoisotopic (exact) mass is 870 g/mol. The maximum atomic E-state index is 12.2. The molecule has 0 saturated carbocycles. The van der Waals surface area contributed by atoms with Crippen LogP contribution in [0.3, 0.4) is 0 Å². The summed E-state index contributed by atoms with van der Waals surface area (Å²) in [6.45, 7) is 14.4. The van der Waals surface area contributed by atoms with Gasteiger partial charge in [-0.25, -0.2) is 9.67 Å². The first kappa shape index (κ1) is 49.2. The van der Waals surface area contributed by atoms with E-state index in [1.807, 2.05) is 28.5 Å². The first-order valence-electron chi connectivity index (χ1n) is 23.8. The van der Waals surface area contributed by atoms with E-state index >= 15 is 0 Å². The average molecular weight is 870 g/mol. The van der Waals surface area contributed by atoms with Crippen molar-refractivity contribution in [3.8, 4) is 5.69 Å². The van der Waals surface area contributed by atoms with Gasteiger partial charge in [0.1, 0.15) is 12.1 Å². The molecule has 7 rings (SSSR count). The lowest BCUT2D eigenvalue weighted by Crippen LogP contribution is -2.48. The number of aldehydes is 1. The number of aromatic nitrogens is 3. The summed E-state index contributed by atoms with van der Waals surface area (Å²) in [6, 6.07) is 14.9. The number of aliphatic carboxylic acids is 1. The Hall–Kier alpha value is -4.82. The fourth-order valence-corrected chi connectivity index (χ4v) is 8.97. The number of carboxylic acids is 1. The maximum Gasteiger partial charge on any atom is 0.303 e. The molecule has 4 aliphatic rings. The van der Waals surface area contributed by atoms with Gasteiger partial charge in [0.05, 0.1) is 11.4 Å². The molecule has 0 spiro atoms. The molecule has 0 aliphatic carbocycles. The number of piperazine rings is 1. The molecule has 0 bridgehead atoms. The molecule has 4 aliphatic heterocycles. The number of nitrogens with zero attached hydrogens (tertiary/aromatic N) is 7. The van der Waals surface area contributed by atoms with Crippen LogP contribution in [0, 0.1) is 19.8 Å². The smallest absolute Gasteiger partial charge is 0.303 e. The van der Waals surface area contributed by atoms with Gasteiger partial charge in [0, 0.05) is 95.1 Å². The van der Waals surface area contributed by atoms with Gasteiger partial charge < -0.3 is 40.1 Å². The second-order valence-corrected chi connectivity index (χ2v) is 17.6. The summed E-state index contributed by atoms with van der Waals surface area (Å²) in [4.78, 5) is 58.1. The molecule has 346 valence electrons. The van der Waals surface area contributed by atoms with Gasteiger partial charge in [0.25, 0.3) is 0 Å². The predicted molar refractivity (Wildman–Crippen MR) is 251 cm³/mol. The Morgan fingerprint density at radius 1 is 0.841 bits per heavy atom. The molecular weight excluding hydrogens is 795 g/mol. The van der Waals surface area contributed by atoms with Crippen molar-refractivity contribution in [3.05, 3.63) is 65.1 Å². The van der Waals surface area contributed by atoms with E-state index in [9.17, 15) is 19.2 Å². The van der Waals surface area contributed by atoms with Crippen LogP contribution in [0.4, 0.5) is 11.5 Å². The van der Waals surface area contributed by atoms with E-state index in [-0.39, 0.29) is 12.3 Å². The van der Waals surface area contributed by atoms with Gasteiger partial charge in [-0.3, -0.25) is 14.4 Å². The number of amides is 2. The van der Waals surface area contributed by atoms with E-state index in [2.05, 4.69) is 74.9 Å². The lowest BCUT2D eigenvalue weighted by molar-refractivity contribution is -0.137. The summed E-state index contributed by atoms with van der Waals surface area (Å²) in [7, 11) is 1.97. The number of pyridine rings is 1. The third-order valence-electron chi connectivity index (χ3n) is 12.6. The molecule has 14 nitrogen and oxygen atoms in total. The number of carbonyl (C=O) groups is 4. The lowest BCUT2D eigenvalue weighted by atomic mass is 10.00. The van der Waals surface area contributed by atoms with Crippen molar-refractivity contribution in [1.29, 1.82) is 0 Å². The summed E-state index contributed by atoms with van der Waals surface area (Å²) in [5, 5.41) is 19.8. The highest BCUT2D eigenvalue weighted by Crippen LogP contribution is 2.25. The van der Waals surface area contributed by atoms with E-state index in [1.165, 1.54) is 56.2 Å². The fraction of sp³-hybridized carbons (Fsp3) is 0.633. The number of rotatable bonds is 19. The number of carboxylic acid groups (broad SMARTS) is 1. The van der Waals surface area contributed by atoms with Gasteiger partial charge in [0.2, 0.25) is 11.8 Å². The van der Waals surface area contributed by atoms with Crippen LogP contribution in [0.1, 0.15) is 113 Å². The highest BCUT2D eigenvalue weighted by atomic mass is 16.4. The molecule has 3 N–H and O–H groups in total. The highest BCUT2D eigenvalue weighted by molar-refractivity contribution is 5.77. The van der Waals surface area contributed by atoms with Crippen molar-refractivity contribution >= 4 is 35.6 Å². The Kier molecular flexibility index (Phi) is 20.9. The maximum absolute atomic E-state index is 12.2. The molecule has 63 heavy (non-hydrogen) atoms. The second-order valence-electron chi connectivity index (χ2n) is 17.6. The van der Waals surface area contributed by atoms with Crippen LogP contribution >= 0.6 is 0 Å². The molecule has 1 aromatic carbocycles. The summed E-state index contributed by atoms with van der Waals surface area (Å²) >= 11 is 0. The molecule has 3 fully saturated rings. The average Bonchev–Trinajstić information content (AvgIpc) is 4.08. The summed E-state index contributed by atoms with van der Waals surface area (Å²) in [5.74, 6) is 1.66. The molecule has 2 aromatic heterocycles. The molecule has 3 saturated heterocycles. The number of unbranched alkanes of at least 4 members (excludes halogenated alkanes) is 3. The standard InChI is InChI=1S/C20H26N4O2.C18H27N3O2.C11H22N2O/c1-16-14-17(2)24(21-16)19-7-5-6-18(15-19)22-9-11-23(12-10-22)20(26)8-3-4-13-25;22-17(23)4-2-11-21-12-9-14(13-21)5-7-16-8-6-15-3-1-10-19-18(15)20-16;1-12-8-4-2-3-7-11(14)13-9-5-6-10-13/h5-7,13-15H,3-4,8-12H2,1-2H3;6,8,14H,1-5,7,9-13H2,(H,19,20)(H,22,23);12H,2-10H2,1H3. The topological polar surface area (TPSA) is 156 Å². The number of hydrogen-bond donors (Lipinski definition) is 3.